The van der Waals surface area contributed by atoms with Crippen LogP contribution < -0.4 is 10.0 Å². The Labute approximate surface area is 227 Å². The molecule has 5 rings (SSSR count). The van der Waals surface area contributed by atoms with Crippen molar-refractivity contribution in [3.63, 3.8) is 0 Å². The number of halogens is 1. The minimum atomic E-state index is -0.297. The molecule has 2 heterocycles. The molecule has 6 nitrogen and oxygen atoms in total. The summed E-state index contributed by atoms with van der Waals surface area (Å²) in [7, 11) is -0.297. The summed E-state index contributed by atoms with van der Waals surface area (Å²) in [6, 6.07) is 30.7. The Hall–Kier alpha value is -3.30. The number of hydrogen-bond donors (Lipinski definition) is 3. The fraction of sp³-hybridized carbons (Fsp3) is 0.138. The second-order valence-electron chi connectivity index (χ2n) is 8.53. The van der Waals surface area contributed by atoms with Gasteiger partial charge in [0.1, 0.15) is 5.82 Å². The molecule has 2 unspecified atom stereocenters. The van der Waals surface area contributed by atoms with Gasteiger partial charge in [-0.15, -0.1) is 0 Å². The minimum absolute atomic E-state index is 0.0282. The summed E-state index contributed by atoms with van der Waals surface area (Å²) in [4.78, 5) is 5.96. The van der Waals surface area contributed by atoms with E-state index < -0.39 is 0 Å². The number of aliphatic hydroxyl groups is 1. The van der Waals surface area contributed by atoms with Crippen LogP contribution >= 0.6 is 26.6 Å². The van der Waals surface area contributed by atoms with Crippen LogP contribution in [-0.4, -0.2) is 37.7 Å². The number of nitrogens with one attached hydrogen (secondary N) is 2. The fourth-order valence-corrected chi connectivity index (χ4v) is 5.95. The largest absolute Gasteiger partial charge is 0.395 e. The monoisotopic (exact) mass is 573 g/mol. The van der Waals surface area contributed by atoms with E-state index in [4.69, 9.17) is 4.98 Å². The Kier molecular flexibility index (Phi) is 8.11. The molecule has 2 aromatic heterocycles. The van der Waals surface area contributed by atoms with Gasteiger partial charge in [-0.3, -0.25) is 4.72 Å². The summed E-state index contributed by atoms with van der Waals surface area (Å²) >= 11 is 3.57. The number of nitrogens with zero attached hydrogens (tertiary/aromatic N) is 3. The SMILES string of the molecule is C/C=S(\NC(CO)Cc1ccccc1)c1ccc(Nc2cc(-c3ccccc3)nc3c(Br)cnn23)cc1. The summed E-state index contributed by atoms with van der Waals surface area (Å²) in [6.07, 6.45) is 2.53. The maximum atomic E-state index is 9.98. The molecule has 0 fully saturated rings. The van der Waals surface area contributed by atoms with Crippen molar-refractivity contribution in [1.29, 1.82) is 0 Å². The molecule has 0 aliphatic rings. The van der Waals surface area contributed by atoms with Crippen molar-refractivity contribution in [1.82, 2.24) is 19.3 Å². The van der Waals surface area contributed by atoms with Crippen LogP contribution in [0.4, 0.5) is 11.5 Å². The first-order valence-electron chi connectivity index (χ1n) is 12.0. The predicted molar refractivity (Wildman–Crippen MR) is 158 cm³/mol. The molecule has 2 atom stereocenters. The van der Waals surface area contributed by atoms with E-state index in [1.807, 2.05) is 49.4 Å². The molecular formula is C29H28BrN5OS. The molecule has 37 heavy (non-hydrogen) atoms. The number of aliphatic hydroxyl groups excluding tert-OH is 1. The van der Waals surface area contributed by atoms with Crippen LogP contribution in [-0.2, 0) is 6.42 Å². The van der Waals surface area contributed by atoms with Gasteiger partial charge in [0, 0.05) is 28.3 Å². The van der Waals surface area contributed by atoms with E-state index in [0.29, 0.717) is 0 Å². The molecule has 8 heteroatoms. The first-order valence-corrected chi connectivity index (χ1v) is 14.1. The molecule has 0 saturated carbocycles. The molecule has 0 bridgehead atoms. The van der Waals surface area contributed by atoms with Gasteiger partial charge >= 0.3 is 0 Å². The second-order valence-corrected chi connectivity index (χ2v) is 11.2. The van der Waals surface area contributed by atoms with Crippen molar-refractivity contribution in [3.8, 4) is 11.3 Å². The van der Waals surface area contributed by atoms with E-state index in [2.05, 4.69) is 85.0 Å². The van der Waals surface area contributed by atoms with Crippen molar-refractivity contribution in [2.24, 2.45) is 0 Å². The van der Waals surface area contributed by atoms with Gasteiger partial charge in [0.25, 0.3) is 0 Å². The fourth-order valence-electron chi connectivity index (χ4n) is 4.11. The predicted octanol–water partition coefficient (Wildman–Crippen LogP) is 6.46. The third-order valence-electron chi connectivity index (χ3n) is 5.95. The van der Waals surface area contributed by atoms with E-state index in [1.165, 1.54) is 5.56 Å². The summed E-state index contributed by atoms with van der Waals surface area (Å²) < 4.78 is 6.25. The lowest BCUT2D eigenvalue weighted by atomic mass is 10.1. The highest BCUT2D eigenvalue weighted by atomic mass is 79.9. The Bertz CT molecular complexity index is 1500. The number of benzene rings is 3. The van der Waals surface area contributed by atoms with Gasteiger partial charge in [-0.2, -0.15) is 9.61 Å². The number of hydrogen-bond acceptors (Lipinski definition) is 5. The summed E-state index contributed by atoms with van der Waals surface area (Å²) in [5.41, 5.74) is 4.81. The first-order chi connectivity index (χ1) is 18.1. The third kappa shape index (κ3) is 5.99. The van der Waals surface area contributed by atoms with Crippen LogP contribution in [0.3, 0.4) is 0 Å². The van der Waals surface area contributed by atoms with E-state index in [9.17, 15) is 5.11 Å². The second kappa shape index (κ2) is 11.8. The molecule has 0 saturated heterocycles. The van der Waals surface area contributed by atoms with Gasteiger partial charge in [-0.1, -0.05) is 71.3 Å². The van der Waals surface area contributed by atoms with Gasteiger partial charge in [-0.25, -0.2) is 4.98 Å². The molecule has 0 aliphatic carbocycles. The lowest BCUT2D eigenvalue weighted by molar-refractivity contribution is 0.258. The minimum Gasteiger partial charge on any atom is -0.395 e. The van der Waals surface area contributed by atoms with Crippen LogP contribution in [0.1, 0.15) is 12.5 Å². The molecule has 5 aromatic rings. The number of rotatable bonds is 9. The van der Waals surface area contributed by atoms with Crippen LogP contribution in [0.2, 0.25) is 0 Å². The number of anilines is 2. The zero-order valence-corrected chi connectivity index (χ0v) is 22.8. The average molecular weight is 575 g/mol. The highest BCUT2D eigenvalue weighted by molar-refractivity contribution is 9.10. The Balaban J connectivity index is 1.36. The van der Waals surface area contributed by atoms with Crippen molar-refractivity contribution in [3.05, 3.63) is 107 Å². The molecule has 0 amide bonds. The van der Waals surface area contributed by atoms with Gasteiger partial charge < -0.3 is 10.4 Å². The molecule has 0 spiro atoms. The summed E-state index contributed by atoms with van der Waals surface area (Å²) in [5, 5.41) is 20.1. The molecule has 0 radical (unpaired) electrons. The zero-order valence-electron chi connectivity index (χ0n) is 20.4. The first kappa shape index (κ1) is 25.4. The average Bonchev–Trinajstić information content (AvgIpc) is 3.33. The van der Waals surface area contributed by atoms with Crippen molar-refractivity contribution < 1.29 is 5.11 Å². The Morgan fingerprint density at radius 2 is 1.70 bits per heavy atom. The molecule has 3 N–H and O–H groups in total. The third-order valence-corrected chi connectivity index (χ3v) is 8.35. The lowest BCUT2D eigenvalue weighted by Crippen LogP contribution is -2.30. The van der Waals surface area contributed by atoms with Crippen molar-refractivity contribution in [2.45, 2.75) is 24.3 Å². The van der Waals surface area contributed by atoms with Crippen LogP contribution in [0.5, 0.6) is 0 Å². The highest BCUT2D eigenvalue weighted by Crippen LogP contribution is 2.29. The van der Waals surface area contributed by atoms with Gasteiger partial charge in [0.05, 0.1) is 23.0 Å². The Morgan fingerprint density at radius 3 is 2.38 bits per heavy atom. The van der Waals surface area contributed by atoms with Crippen LogP contribution in [0.25, 0.3) is 16.9 Å². The topological polar surface area (TPSA) is 74.5 Å². The number of fused-ring (bicyclic) bond motifs is 1. The number of aromatic nitrogens is 3. The van der Waals surface area contributed by atoms with Gasteiger partial charge in [-0.05, 0) is 64.5 Å². The lowest BCUT2D eigenvalue weighted by Gasteiger charge is -2.20. The van der Waals surface area contributed by atoms with E-state index in [-0.39, 0.29) is 23.3 Å². The quantitative estimate of drug-likeness (QED) is 0.176. The highest BCUT2D eigenvalue weighted by Gasteiger charge is 2.13. The standard InChI is InChI=1S/C29H28BrN5OS/c1-2-37(34-24(20-36)17-21-9-5-3-6-10-21)25-15-13-23(14-16-25)32-28-18-27(22-11-7-4-8-12-22)33-29-26(30)19-31-35(28)29/h2-16,18-19,24,32,34,36H,17,20H2,1H3. The van der Waals surface area contributed by atoms with Gasteiger partial charge in [0.15, 0.2) is 5.65 Å². The maximum Gasteiger partial charge on any atom is 0.172 e. The smallest absolute Gasteiger partial charge is 0.172 e. The van der Waals surface area contributed by atoms with Crippen LogP contribution in [0.15, 0.2) is 107 Å². The molecule has 188 valence electrons. The zero-order chi connectivity index (χ0) is 25.6. The maximum absolute atomic E-state index is 9.98. The molecule has 3 aromatic carbocycles. The summed E-state index contributed by atoms with van der Waals surface area (Å²) in [6.45, 7) is 2.13. The van der Waals surface area contributed by atoms with E-state index >= 15 is 0 Å². The van der Waals surface area contributed by atoms with Gasteiger partial charge in [0.2, 0.25) is 0 Å². The van der Waals surface area contributed by atoms with Crippen molar-refractivity contribution >= 4 is 49.1 Å². The van der Waals surface area contributed by atoms with Crippen molar-refractivity contribution in [2.75, 3.05) is 11.9 Å². The summed E-state index contributed by atoms with van der Waals surface area (Å²) in [5.74, 6) is 0.824. The molecular weight excluding hydrogens is 546 g/mol. The normalized spacial score (nSPS) is 13.1. The van der Waals surface area contributed by atoms with Crippen LogP contribution in [0, 0.1) is 0 Å². The van der Waals surface area contributed by atoms with E-state index in [1.54, 1.807) is 10.7 Å². The van der Waals surface area contributed by atoms with E-state index in [0.717, 1.165) is 44.2 Å². The molecule has 0 aliphatic heterocycles. The Morgan fingerprint density at radius 1 is 1.00 bits per heavy atom.